The maximum absolute atomic E-state index is 11.5. The molecule has 1 atom stereocenters. The summed E-state index contributed by atoms with van der Waals surface area (Å²) in [6, 6.07) is 9.63. The van der Waals surface area contributed by atoms with Crippen LogP contribution in [-0.2, 0) is 11.3 Å². The number of nitrogens with zero attached hydrogens (tertiary/aromatic N) is 1. The molecule has 1 aromatic heterocycles. The van der Waals surface area contributed by atoms with Gasteiger partial charge in [0.05, 0.1) is 11.6 Å². The van der Waals surface area contributed by atoms with Crippen molar-refractivity contribution in [1.29, 1.82) is 0 Å². The summed E-state index contributed by atoms with van der Waals surface area (Å²) >= 11 is 0. The first-order valence-corrected chi connectivity index (χ1v) is 6.23. The van der Waals surface area contributed by atoms with Gasteiger partial charge in [-0.1, -0.05) is 30.3 Å². The Kier molecular flexibility index (Phi) is 3.89. The second-order valence-electron chi connectivity index (χ2n) is 3.57. The maximum Gasteiger partial charge on any atom is 0.329 e. The number of rotatable bonds is 4. The fourth-order valence-corrected chi connectivity index (χ4v) is 2.09. The molecule has 1 heterocycles. The first-order chi connectivity index (χ1) is 8.24. The minimum Gasteiger partial charge on any atom is -0.458 e. The molecule has 0 amide bonds. The average Bonchev–Trinajstić information content (AvgIpc) is 2.73. The van der Waals surface area contributed by atoms with Crippen molar-refractivity contribution in [1.82, 2.24) is 9.97 Å². The highest BCUT2D eigenvalue weighted by Gasteiger charge is 2.06. The predicted octanol–water partition coefficient (Wildman–Crippen LogP) is 2.36. The molecule has 1 N–H and O–H groups in total. The molecule has 88 valence electrons. The Morgan fingerprint density at radius 3 is 2.82 bits per heavy atom. The van der Waals surface area contributed by atoms with Gasteiger partial charge in [0.1, 0.15) is 12.4 Å². The van der Waals surface area contributed by atoms with Crippen molar-refractivity contribution in [3.8, 4) is 0 Å². The van der Waals surface area contributed by atoms with E-state index >= 15 is 0 Å². The van der Waals surface area contributed by atoms with E-state index < -0.39 is 0 Å². The Balaban J connectivity index is 1.82. The molecule has 5 heteroatoms. The van der Waals surface area contributed by atoms with E-state index in [0.29, 0.717) is 6.61 Å². The van der Waals surface area contributed by atoms with Gasteiger partial charge in [0.15, 0.2) is 0 Å². The zero-order chi connectivity index (χ0) is 12.1. The van der Waals surface area contributed by atoms with Gasteiger partial charge in [-0.25, -0.2) is 9.78 Å². The van der Waals surface area contributed by atoms with Crippen LogP contribution in [0.2, 0.25) is 0 Å². The maximum atomic E-state index is 11.5. The molecule has 17 heavy (non-hydrogen) atoms. The summed E-state index contributed by atoms with van der Waals surface area (Å²) in [4.78, 5) is 18.6. The third-order valence-electron chi connectivity index (χ3n) is 2.15. The van der Waals surface area contributed by atoms with Crippen LogP contribution in [-0.4, -0.2) is 15.7 Å². The van der Waals surface area contributed by atoms with Gasteiger partial charge < -0.3 is 9.72 Å². The molecular weight excluding hydrogens is 235 g/mol. The molecular formula is C12H13N2O2P. The Morgan fingerprint density at radius 1 is 1.41 bits per heavy atom. The molecule has 0 radical (unpaired) electrons. The van der Waals surface area contributed by atoms with Crippen molar-refractivity contribution in [3.63, 3.8) is 0 Å². The third-order valence-corrected chi connectivity index (χ3v) is 3.02. The number of carbonyl (C=O) groups is 1. The lowest BCUT2D eigenvalue weighted by Gasteiger charge is -2.03. The number of aryl methyl sites for hydroxylation is 1. The van der Waals surface area contributed by atoms with Crippen molar-refractivity contribution >= 4 is 19.7 Å². The highest BCUT2D eigenvalue weighted by atomic mass is 31.1. The molecule has 0 aliphatic carbocycles. The van der Waals surface area contributed by atoms with Gasteiger partial charge in [0.2, 0.25) is 0 Å². The Bertz CT molecular complexity index is 496. The lowest BCUT2D eigenvalue weighted by Crippen LogP contribution is -2.03. The van der Waals surface area contributed by atoms with Crippen LogP contribution in [0.1, 0.15) is 11.4 Å². The molecule has 4 nitrogen and oxygen atoms in total. The molecule has 0 spiro atoms. The number of aromatic nitrogens is 2. The number of benzene rings is 1. The van der Waals surface area contributed by atoms with Crippen LogP contribution in [0.25, 0.3) is 0 Å². The lowest BCUT2D eigenvalue weighted by molar-refractivity contribution is 0.168. The topological polar surface area (TPSA) is 55.0 Å². The summed E-state index contributed by atoms with van der Waals surface area (Å²) in [6.45, 7) is 2.17. The smallest absolute Gasteiger partial charge is 0.329 e. The van der Waals surface area contributed by atoms with Crippen LogP contribution in [0.4, 0.5) is 4.79 Å². The average molecular weight is 248 g/mol. The minimum absolute atomic E-state index is 0.0284. The van der Waals surface area contributed by atoms with E-state index in [1.807, 2.05) is 37.3 Å². The molecule has 0 bridgehead atoms. The van der Waals surface area contributed by atoms with Crippen molar-refractivity contribution in [3.05, 3.63) is 47.9 Å². The van der Waals surface area contributed by atoms with Gasteiger partial charge in [-0.15, -0.1) is 0 Å². The van der Waals surface area contributed by atoms with Gasteiger partial charge in [0, 0.05) is 8.58 Å². The monoisotopic (exact) mass is 248 g/mol. The van der Waals surface area contributed by atoms with E-state index in [1.54, 1.807) is 6.20 Å². The van der Waals surface area contributed by atoms with E-state index in [2.05, 4.69) is 9.97 Å². The summed E-state index contributed by atoms with van der Waals surface area (Å²) in [5.74, 6) is 0.809. The SMILES string of the molecule is Cc1ncc(PC(=O)OCc2ccccc2)[nH]1. The summed E-state index contributed by atoms with van der Waals surface area (Å²) in [5.41, 5.74) is 1.57. The molecule has 2 aromatic rings. The van der Waals surface area contributed by atoms with Crippen LogP contribution in [0.5, 0.6) is 0 Å². The van der Waals surface area contributed by atoms with Crippen LogP contribution >= 0.6 is 8.58 Å². The van der Waals surface area contributed by atoms with Crippen LogP contribution in [0.15, 0.2) is 36.5 Å². The highest BCUT2D eigenvalue weighted by Crippen LogP contribution is 2.14. The van der Waals surface area contributed by atoms with Crippen molar-refractivity contribution < 1.29 is 9.53 Å². The van der Waals surface area contributed by atoms with Gasteiger partial charge in [-0.05, 0) is 12.5 Å². The second-order valence-corrected chi connectivity index (χ2v) is 4.77. The van der Waals surface area contributed by atoms with Crippen molar-refractivity contribution in [2.45, 2.75) is 13.5 Å². The van der Waals surface area contributed by atoms with E-state index in [4.69, 9.17) is 4.74 Å². The molecule has 0 aliphatic rings. The largest absolute Gasteiger partial charge is 0.458 e. The highest BCUT2D eigenvalue weighted by molar-refractivity contribution is 7.64. The first kappa shape index (κ1) is 11.8. The number of ether oxygens (including phenoxy) is 1. The van der Waals surface area contributed by atoms with Gasteiger partial charge in [0.25, 0.3) is 0 Å². The Labute approximate surface area is 101 Å². The normalized spacial score (nSPS) is 10.9. The number of carbonyl (C=O) groups excluding carboxylic acids is 1. The summed E-state index contributed by atoms with van der Waals surface area (Å²) in [5, 5.41) is 0. The number of H-pyrrole nitrogens is 1. The van der Waals surface area contributed by atoms with E-state index in [-0.39, 0.29) is 14.3 Å². The molecule has 0 saturated heterocycles. The van der Waals surface area contributed by atoms with Gasteiger partial charge >= 0.3 is 5.71 Å². The Hall–Kier alpha value is -1.67. The predicted molar refractivity (Wildman–Crippen MR) is 67.9 cm³/mol. The fraction of sp³-hybridized carbons (Fsp3) is 0.167. The van der Waals surface area contributed by atoms with Crippen LogP contribution in [0, 0.1) is 6.92 Å². The van der Waals surface area contributed by atoms with Crippen LogP contribution < -0.4 is 5.44 Å². The van der Waals surface area contributed by atoms with Gasteiger partial charge in [-0.2, -0.15) is 0 Å². The zero-order valence-corrected chi connectivity index (χ0v) is 10.4. The van der Waals surface area contributed by atoms with Gasteiger partial charge in [-0.3, -0.25) is 0 Å². The lowest BCUT2D eigenvalue weighted by atomic mass is 10.2. The number of aromatic amines is 1. The number of nitrogens with one attached hydrogen (secondary N) is 1. The standard InChI is InChI=1S/C12H13N2O2P/c1-9-13-7-11(14-9)17-12(15)16-8-10-5-3-2-4-6-10/h2-7,17H,8H2,1H3,(H,13,14). The number of hydrogen-bond acceptors (Lipinski definition) is 3. The molecule has 2 rings (SSSR count). The van der Waals surface area contributed by atoms with E-state index in [1.165, 1.54) is 0 Å². The van der Waals surface area contributed by atoms with Crippen LogP contribution in [0.3, 0.4) is 0 Å². The van der Waals surface area contributed by atoms with E-state index in [9.17, 15) is 4.79 Å². The molecule has 0 saturated carbocycles. The van der Waals surface area contributed by atoms with E-state index in [0.717, 1.165) is 16.8 Å². The molecule has 1 unspecified atom stereocenters. The van der Waals surface area contributed by atoms with Crippen molar-refractivity contribution in [2.24, 2.45) is 0 Å². The summed E-state index contributed by atoms with van der Waals surface area (Å²) < 4.78 is 5.17. The quantitative estimate of drug-likeness (QED) is 0.845. The molecule has 0 fully saturated rings. The zero-order valence-electron chi connectivity index (χ0n) is 9.43. The number of imidazole rings is 1. The fourth-order valence-electron chi connectivity index (χ4n) is 1.35. The second kappa shape index (κ2) is 5.60. The number of hydrogen-bond donors (Lipinski definition) is 1. The summed E-state index contributed by atoms with van der Waals surface area (Å²) in [7, 11) is -0.0284. The Morgan fingerprint density at radius 2 is 2.18 bits per heavy atom. The molecule has 1 aromatic carbocycles. The van der Waals surface area contributed by atoms with Crippen molar-refractivity contribution in [2.75, 3.05) is 0 Å². The third kappa shape index (κ3) is 3.68. The minimum atomic E-state index is -0.225. The first-order valence-electron chi connectivity index (χ1n) is 5.23. The molecule has 0 aliphatic heterocycles. The summed E-state index contributed by atoms with van der Waals surface area (Å²) in [6.07, 6.45) is 1.66.